The molecule has 0 aromatic rings. The summed E-state index contributed by atoms with van der Waals surface area (Å²) in [7, 11) is 0. The molecule has 0 aliphatic rings. The molecule has 5 unspecified atom stereocenters. The molecule has 0 heteroatoms. The third kappa shape index (κ3) is 6.48. The van der Waals surface area contributed by atoms with E-state index in [1.807, 2.05) is 0 Å². The normalized spacial score (nSPS) is 20.6. The predicted octanol–water partition coefficient (Wildman–Crippen LogP) is 6.16. The van der Waals surface area contributed by atoms with E-state index in [4.69, 9.17) is 0 Å². The number of hydrogen-bond donors (Lipinski definition) is 0. The third-order valence-electron chi connectivity index (χ3n) is 5.00. The van der Waals surface area contributed by atoms with Gasteiger partial charge in [-0.3, -0.25) is 0 Å². The molecule has 0 saturated carbocycles. The molecule has 0 aromatic carbocycles. The Morgan fingerprint density at radius 3 is 1.53 bits per heavy atom. The SMILES string of the molecule is CCCC(C)C(C)CC(C)C(C)C(C)CCC. The molecule has 0 aliphatic heterocycles. The zero-order valence-electron chi connectivity index (χ0n) is 13.4. The fraction of sp³-hybridized carbons (Fsp3) is 1.00. The molecule has 0 radical (unpaired) electrons. The van der Waals surface area contributed by atoms with E-state index < -0.39 is 0 Å². The summed E-state index contributed by atoms with van der Waals surface area (Å²) in [4.78, 5) is 0. The third-order valence-corrected chi connectivity index (χ3v) is 5.00. The van der Waals surface area contributed by atoms with Crippen molar-refractivity contribution in [3.05, 3.63) is 0 Å². The van der Waals surface area contributed by atoms with Gasteiger partial charge in [-0.15, -0.1) is 0 Å². The monoisotopic (exact) mass is 240 g/mol. The topological polar surface area (TPSA) is 0 Å². The van der Waals surface area contributed by atoms with E-state index in [0.29, 0.717) is 0 Å². The summed E-state index contributed by atoms with van der Waals surface area (Å²) in [6, 6.07) is 0. The molecule has 0 bridgehead atoms. The Kier molecular flexibility index (Phi) is 9.00. The average molecular weight is 240 g/mol. The molecule has 0 aliphatic carbocycles. The van der Waals surface area contributed by atoms with Crippen molar-refractivity contribution in [3.8, 4) is 0 Å². The largest absolute Gasteiger partial charge is 0.0654 e. The summed E-state index contributed by atoms with van der Waals surface area (Å²) in [6.07, 6.45) is 6.87. The Morgan fingerprint density at radius 1 is 0.588 bits per heavy atom. The lowest BCUT2D eigenvalue weighted by atomic mass is 9.76. The summed E-state index contributed by atoms with van der Waals surface area (Å²) in [6.45, 7) is 16.9. The molecule has 0 rings (SSSR count). The molecule has 0 heterocycles. The van der Waals surface area contributed by atoms with Crippen molar-refractivity contribution in [1.82, 2.24) is 0 Å². The maximum Gasteiger partial charge on any atom is -0.0391 e. The van der Waals surface area contributed by atoms with Gasteiger partial charge in [0.15, 0.2) is 0 Å². The standard InChI is InChI=1S/C17H36/c1-8-10-13(3)15(5)12-16(6)17(7)14(4)11-9-2/h13-17H,8-12H2,1-7H3. The van der Waals surface area contributed by atoms with Gasteiger partial charge in [0, 0.05) is 0 Å². The first-order valence-corrected chi connectivity index (χ1v) is 7.93. The van der Waals surface area contributed by atoms with Crippen LogP contribution in [0.4, 0.5) is 0 Å². The van der Waals surface area contributed by atoms with Gasteiger partial charge in [0.1, 0.15) is 0 Å². The van der Waals surface area contributed by atoms with Crippen molar-refractivity contribution in [2.24, 2.45) is 29.6 Å². The van der Waals surface area contributed by atoms with Gasteiger partial charge in [-0.1, -0.05) is 74.1 Å². The molecule has 0 aromatic heterocycles. The Morgan fingerprint density at radius 2 is 1.06 bits per heavy atom. The van der Waals surface area contributed by atoms with Crippen molar-refractivity contribution in [2.75, 3.05) is 0 Å². The van der Waals surface area contributed by atoms with Crippen molar-refractivity contribution in [1.29, 1.82) is 0 Å². The maximum atomic E-state index is 2.46. The van der Waals surface area contributed by atoms with Crippen LogP contribution in [0.2, 0.25) is 0 Å². The van der Waals surface area contributed by atoms with Gasteiger partial charge < -0.3 is 0 Å². The van der Waals surface area contributed by atoms with Crippen LogP contribution < -0.4 is 0 Å². The summed E-state index contributed by atoms with van der Waals surface area (Å²) in [5, 5.41) is 0. The van der Waals surface area contributed by atoms with Crippen LogP contribution >= 0.6 is 0 Å². The van der Waals surface area contributed by atoms with Crippen molar-refractivity contribution >= 4 is 0 Å². The van der Waals surface area contributed by atoms with Crippen LogP contribution in [0.1, 0.15) is 80.6 Å². The van der Waals surface area contributed by atoms with Gasteiger partial charge in [-0.05, 0) is 36.0 Å². The highest BCUT2D eigenvalue weighted by molar-refractivity contribution is 4.72. The van der Waals surface area contributed by atoms with Gasteiger partial charge in [0.25, 0.3) is 0 Å². The van der Waals surface area contributed by atoms with Gasteiger partial charge in [0.2, 0.25) is 0 Å². The lowest BCUT2D eigenvalue weighted by molar-refractivity contribution is 0.203. The van der Waals surface area contributed by atoms with E-state index in [1.54, 1.807) is 0 Å². The highest BCUT2D eigenvalue weighted by Gasteiger charge is 2.22. The van der Waals surface area contributed by atoms with E-state index in [0.717, 1.165) is 29.6 Å². The van der Waals surface area contributed by atoms with Crippen molar-refractivity contribution in [2.45, 2.75) is 80.6 Å². The molecule has 0 nitrogen and oxygen atoms in total. The lowest BCUT2D eigenvalue weighted by Gasteiger charge is -2.30. The van der Waals surface area contributed by atoms with Crippen LogP contribution in [-0.4, -0.2) is 0 Å². The maximum absolute atomic E-state index is 2.46. The zero-order valence-corrected chi connectivity index (χ0v) is 13.4. The van der Waals surface area contributed by atoms with E-state index in [-0.39, 0.29) is 0 Å². The quantitative estimate of drug-likeness (QED) is 0.453. The second-order valence-electron chi connectivity index (χ2n) is 6.58. The van der Waals surface area contributed by atoms with Crippen molar-refractivity contribution < 1.29 is 0 Å². The van der Waals surface area contributed by atoms with Gasteiger partial charge in [0.05, 0.1) is 0 Å². The molecular formula is C17H36. The molecule has 0 N–H and O–H groups in total. The molecular weight excluding hydrogens is 204 g/mol. The summed E-state index contributed by atoms with van der Waals surface area (Å²) in [5.74, 6) is 4.44. The minimum absolute atomic E-state index is 0.880. The first-order chi connectivity index (χ1) is 7.93. The second kappa shape index (κ2) is 9.00. The lowest BCUT2D eigenvalue weighted by Crippen LogP contribution is -2.21. The Bertz CT molecular complexity index is 173. The Hall–Kier alpha value is 0. The van der Waals surface area contributed by atoms with Gasteiger partial charge >= 0.3 is 0 Å². The van der Waals surface area contributed by atoms with E-state index in [1.165, 1.54) is 32.1 Å². The van der Waals surface area contributed by atoms with Crippen LogP contribution in [0.25, 0.3) is 0 Å². The van der Waals surface area contributed by atoms with Crippen LogP contribution in [0.3, 0.4) is 0 Å². The minimum Gasteiger partial charge on any atom is -0.0654 e. The molecule has 0 spiro atoms. The van der Waals surface area contributed by atoms with E-state index in [2.05, 4.69) is 48.5 Å². The minimum atomic E-state index is 0.880. The van der Waals surface area contributed by atoms with Crippen LogP contribution in [-0.2, 0) is 0 Å². The summed E-state index contributed by atoms with van der Waals surface area (Å²) in [5.41, 5.74) is 0. The van der Waals surface area contributed by atoms with Gasteiger partial charge in [-0.25, -0.2) is 0 Å². The first kappa shape index (κ1) is 17.0. The highest BCUT2D eigenvalue weighted by Crippen LogP contribution is 2.31. The van der Waals surface area contributed by atoms with Crippen LogP contribution in [0, 0.1) is 29.6 Å². The Labute approximate surface area is 111 Å². The fourth-order valence-electron chi connectivity index (χ4n) is 3.05. The Balaban J connectivity index is 4.09. The number of hydrogen-bond acceptors (Lipinski definition) is 0. The first-order valence-electron chi connectivity index (χ1n) is 7.93. The molecule has 0 saturated heterocycles. The van der Waals surface area contributed by atoms with Gasteiger partial charge in [-0.2, -0.15) is 0 Å². The molecule has 17 heavy (non-hydrogen) atoms. The molecule has 5 atom stereocenters. The summed E-state index contributed by atoms with van der Waals surface area (Å²) >= 11 is 0. The number of rotatable bonds is 9. The van der Waals surface area contributed by atoms with Crippen LogP contribution in [0.15, 0.2) is 0 Å². The van der Waals surface area contributed by atoms with E-state index in [9.17, 15) is 0 Å². The summed E-state index contributed by atoms with van der Waals surface area (Å²) < 4.78 is 0. The fourth-order valence-corrected chi connectivity index (χ4v) is 3.05. The predicted molar refractivity (Wildman–Crippen MR) is 80.3 cm³/mol. The molecule has 104 valence electrons. The van der Waals surface area contributed by atoms with Crippen molar-refractivity contribution in [3.63, 3.8) is 0 Å². The molecule has 0 fully saturated rings. The smallest absolute Gasteiger partial charge is 0.0391 e. The highest BCUT2D eigenvalue weighted by atomic mass is 14.3. The van der Waals surface area contributed by atoms with Crippen LogP contribution in [0.5, 0.6) is 0 Å². The van der Waals surface area contributed by atoms with E-state index >= 15 is 0 Å². The molecule has 0 amide bonds. The second-order valence-corrected chi connectivity index (χ2v) is 6.58. The average Bonchev–Trinajstić information content (AvgIpc) is 2.28. The zero-order chi connectivity index (χ0) is 13.4.